The van der Waals surface area contributed by atoms with Crippen molar-refractivity contribution in [3.63, 3.8) is 0 Å². The first-order valence-corrected chi connectivity index (χ1v) is 11.6. The molecule has 1 aliphatic heterocycles. The molecule has 0 saturated carbocycles. The van der Waals surface area contributed by atoms with Gasteiger partial charge in [-0.25, -0.2) is 0 Å². The summed E-state index contributed by atoms with van der Waals surface area (Å²) in [4.78, 5) is 31.3. The van der Waals surface area contributed by atoms with Crippen LogP contribution in [0.1, 0.15) is 44.7 Å². The molecule has 0 radical (unpaired) electrons. The number of para-hydroxylation sites is 1. The lowest BCUT2D eigenvalue weighted by molar-refractivity contribution is -0.146. The van der Waals surface area contributed by atoms with Crippen LogP contribution >= 0.6 is 0 Å². The third-order valence-electron chi connectivity index (χ3n) is 7.24. The van der Waals surface area contributed by atoms with Gasteiger partial charge in [-0.1, -0.05) is 18.2 Å². The van der Waals surface area contributed by atoms with Crippen molar-refractivity contribution < 1.29 is 19.1 Å². The van der Waals surface area contributed by atoms with E-state index in [4.69, 9.17) is 9.47 Å². The van der Waals surface area contributed by atoms with Crippen LogP contribution in [0.2, 0.25) is 0 Å². The predicted molar refractivity (Wildman–Crippen MR) is 132 cm³/mol. The Bertz CT molecular complexity index is 1250. The summed E-state index contributed by atoms with van der Waals surface area (Å²) >= 11 is 0. The van der Waals surface area contributed by atoms with Gasteiger partial charge >= 0.3 is 5.97 Å². The van der Waals surface area contributed by atoms with Crippen LogP contribution in [-0.2, 0) is 16.1 Å². The number of ether oxygens (including phenoxy) is 2. The number of carbonyl (C=O) groups excluding carboxylic acids is 2. The summed E-state index contributed by atoms with van der Waals surface area (Å²) in [6, 6.07) is 9.19. The quantitative estimate of drug-likeness (QED) is 0.541. The number of hydrogen-bond acceptors (Lipinski definition) is 5. The minimum Gasteiger partial charge on any atom is -0.496 e. The van der Waals surface area contributed by atoms with Gasteiger partial charge in [0.25, 0.3) is 5.91 Å². The third-order valence-corrected chi connectivity index (χ3v) is 7.24. The second-order valence-electron chi connectivity index (χ2n) is 9.15. The maximum Gasteiger partial charge on any atom is 0.323 e. The van der Waals surface area contributed by atoms with Gasteiger partial charge in [0.05, 0.1) is 25.3 Å². The summed E-state index contributed by atoms with van der Waals surface area (Å²) in [7, 11) is 3.07. The highest BCUT2D eigenvalue weighted by Crippen LogP contribution is 2.29. The van der Waals surface area contributed by atoms with Crippen LogP contribution in [0.5, 0.6) is 5.75 Å². The number of likely N-dealkylation sites (tertiary alicyclic amines) is 1. The number of benzene rings is 2. The number of nitrogens with one attached hydrogen (secondary N) is 2. The number of methoxy groups -OCH3 is 2. The summed E-state index contributed by atoms with van der Waals surface area (Å²) in [5.74, 6) is 0.428. The second-order valence-corrected chi connectivity index (χ2v) is 9.15. The number of aromatic amines is 1. The molecule has 2 N–H and O–H groups in total. The fraction of sp³-hybridized carbons (Fsp3) is 0.407. The first kappa shape index (κ1) is 23.8. The highest BCUT2D eigenvalue weighted by atomic mass is 16.5. The minimum atomic E-state index is -0.414. The molecule has 0 spiro atoms. The number of H-pyrrole nitrogens is 1. The number of esters is 1. The Hall–Kier alpha value is -3.32. The highest BCUT2D eigenvalue weighted by molar-refractivity contribution is 6.06. The first-order valence-electron chi connectivity index (χ1n) is 11.6. The molecule has 3 aromatic rings. The molecule has 180 valence electrons. The van der Waals surface area contributed by atoms with E-state index in [-0.39, 0.29) is 17.9 Å². The van der Waals surface area contributed by atoms with Gasteiger partial charge in [0, 0.05) is 30.2 Å². The summed E-state index contributed by atoms with van der Waals surface area (Å²) in [5, 5.41) is 4.21. The minimum absolute atomic E-state index is 0.140. The molecule has 2 atom stereocenters. The van der Waals surface area contributed by atoms with Crippen molar-refractivity contribution in [1.82, 2.24) is 15.2 Å². The van der Waals surface area contributed by atoms with Crippen LogP contribution in [-0.4, -0.2) is 54.6 Å². The number of aromatic nitrogens is 1. The van der Waals surface area contributed by atoms with Gasteiger partial charge in [-0.2, -0.15) is 0 Å². The van der Waals surface area contributed by atoms with Crippen molar-refractivity contribution in [2.45, 2.75) is 52.7 Å². The third kappa shape index (κ3) is 4.28. The zero-order valence-corrected chi connectivity index (χ0v) is 20.7. The molecule has 1 saturated heterocycles. The Balaban J connectivity index is 1.55. The Morgan fingerprint density at radius 2 is 1.82 bits per heavy atom. The molecular weight excluding hydrogens is 430 g/mol. The van der Waals surface area contributed by atoms with E-state index in [1.807, 2.05) is 44.2 Å². The SMILES string of the molecule is COC(=O)[C@@H]1C[C@H](NC(=O)c2cccc3c(C)c(C)[nH]c23)CN1Cc1ccc(OC)c(C)c1C. The number of amides is 1. The van der Waals surface area contributed by atoms with Crippen molar-refractivity contribution in [3.8, 4) is 5.75 Å². The molecule has 1 aliphatic rings. The molecular formula is C27H33N3O4. The largest absolute Gasteiger partial charge is 0.496 e. The van der Waals surface area contributed by atoms with E-state index in [1.165, 1.54) is 7.11 Å². The molecule has 7 nitrogen and oxygen atoms in total. The molecule has 1 aromatic heterocycles. The van der Waals surface area contributed by atoms with Gasteiger partial charge in [0.1, 0.15) is 11.8 Å². The maximum absolute atomic E-state index is 13.2. The second kappa shape index (κ2) is 9.50. The average molecular weight is 464 g/mol. The van der Waals surface area contributed by atoms with Crippen LogP contribution in [0.25, 0.3) is 10.9 Å². The molecule has 7 heteroatoms. The standard InChI is InChI=1S/C27H33N3O4/c1-15-16(2)24(33-5)11-10-19(15)13-30-14-20(12-23(30)27(32)34-6)29-26(31)22-9-7-8-21-17(3)18(4)28-25(21)22/h7-11,20,23,28H,12-14H2,1-6H3,(H,29,31)/t20-,23-/m0/s1. The highest BCUT2D eigenvalue weighted by Gasteiger charge is 2.38. The van der Waals surface area contributed by atoms with Gasteiger partial charge in [-0.3, -0.25) is 14.5 Å². The number of nitrogens with zero attached hydrogens (tertiary/aromatic N) is 1. The summed E-state index contributed by atoms with van der Waals surface area (Å²) in [5.41, 5.74) is 7.01. The zero-order valence-electron chi connectivity index (χ0n) is 20.7. The molecule has 0 bridgehead atoms. The number of aryl methyl sites for hydroxylation is 2. The van der Waals surface area contributed by atoms with E-state index >= 15 is 0 Å². The Morgan fingerprint density at radius 3 is 2.53 bits per heavy atom. The molecule has 34 heavy (non-hydrogen) atoms. The van der Waals surface area contributed by atoms with Gasteiger partial charge in [-0.05, 0) is 68.5 Å². The van der Waals surface area contributed by atoms with E-state index in [0.717, 1.165) is 44.6 Å². The van der Waals surface area contributed by atoms with E-state index in [2.05, 4.69) is 29.0 Å². The van der Waals surface area contributed by atoms with Crippen LogP contribution in [0.15, 0.2) is 30.3 Å². The Morgan fingerprint density at radius 1 is 1.06 bits per heavy atom. The lowest BCUT2D eigenvalue weighted by atomic mass is 10.0. The van der Waals surface area contributed by atoms with Crippen LogP contribution in [0.3, 0.4) is 0 Å². The first-order chi connectivity index (χ1) is 16.2. The smallest absolute Gasteiger partial charge is 0.323 e. The number of hydrogen-bond donors (Lipinski definition) is 2. The molecule has 2 heterocycles. The maximum atomic E-state index is 13.2. The van der Waals surface area contributed by atoms with Gasteiger partial charge in [0.2, 0.25) is 0 Å². The lowest BCUT2D eigenvalue weighted by Crippen LogP contribution is -2.38. The van der Waals surface area contributed by atoms with Crippen molar-refractivity contribution >= 4 is 22.8 Å². The predicted octanol–water partition coefficient (Wildman–Crippen LogP) is 3.96. The topological polar surface area (TPSA) is 83.7 Å². The van der Waals surface area contributed by atoms with E-state index in [9.17, 15) is 9.59 Å². The van der Waals surface area contributed by atoms with Crippen molar-refractivity contribution in [3.05, 3.63) is 63.8 Å². The molecule has 1 fully saturated rings. The number of rotatable bonds is 6. The van der Waals surface area contributed by atoms with Gasteiger partial charge < -0.3 is 19.8 Å². The number of fused-ring (bicyclic) bond motifs is 1. The summed E-state index contributed by atoms with van der Waals surface area (Å²) < 4.78 is 10.5. The molecule has 0 unspecified atom stereocenters. The van der Waals surface area contributed by atoms with Gasteiger partial charge in [0.15, 0.2) is 0 Å². The monoisotopic (exact) mass is 463 g/mol. The van der Waals surface area contributed by atoms with E-state index in [0.29, 0.717) is 25.1 Å². The molecule has 4 rings (SSSR count). The van der Waals surface area contributed by atoms with Crippen LogP contribution in [0, 0.1) is 27.7 Å². The van der Waals surface area contributed by atoms with Gasteiger partial charge in [-0.15, -0.1) is 0 Å². The molecule has 0 aliphatic carbocycles. The van der Waals surface area contributed by atoms with Crippen LogP contribution < -0.4 is 10.1 Å². The fourth-order valence-corrected chi connectivity index (χ4v) is 4.96. The molecule has 2 aromatic carbocycles. The van der Waals surface area contributed by atoms with E-state index in [1.54, 1.807) is 7.11 Å². The Kier molecular flexibility index (Phi) is 6.66. The fourth-order valence-electron chi connectivity index (χ4n) is 4.96. The molecule has 1 amide bonds. The normalized spacial score (nSPS) is 18.3. The lowest BCUT2D eigenvalue weighted by Gasteiger charge is -2.24. The average Bonchev–Trinajstić information content (AvgIpc) is 3.36. The Labute approximate surface area is 200 Å². The van der Waals surface area contributed by atoms with E-state index < -0.39 is 6.04 Å². The van der Waals surface area contributed by atoms with Crippen molar-refractivity contribution in [1.29, 1.82) is 0 Å². The van der Waals surface area contributed by atoms with Crippen molar-refractivity contribution in [2.75, 3.05) is 20.8 Å². The van der Waals surface area contributed by atoms with Crippen LogP contribution in [0.4, 0.5) is 0 Å². The summed E-state index contributed by atoms with van der Waals surface area (Å²) in [6.07, 6.45) is 0.505. The zero-order chi connectivity index (χ0) is 24.6. The summed E-state index contributed by atoms with van der Waals surface area (Å²) in [6.45, 7) is 9.32. The van der Waals surface area contributed by atoms with Crippen molar-refractivity contribution in [2.24, 2.45) is 0 Å². The number of carbonyl (C=O) groups is 2.